The number of β-amino-alcohol motifs (C(OH)–C–C–N with tert-alkyl or cyclic N) is 1. The molecule has 2 aromatic rings. The van der Waals surface area contributed by atoms with Gasteiger partial charge in [-0.05, 0) is 24.5 Å². The van der Waals surface area contributed by atoms with Crippen molar-refractivity contribution in [3.63, 3.8) is 0 Å². The van der Waals surface area contributed by atoms with E-state index in [4.69, 9.17) is 0 Å². The number of hydrogen-bond donors (Lipinski definition) is 2. The summed E-state index contributed by atoms with van der Waals surface area (Å²) in [5.74, 6) is 0.0441. The van der Waals surface area contributed by atoms with E-state index in [1.54, 1.807) is 4.90 Å². The van der Waals surface area contributed by atoms with Crippen LogP contribution < -0.4 is 0 Å². The highest BCUT2D eigenvalue weighted by atomic mass is 16.3. The SMILES string of the molecule is Cc1ccccc1CN(C)C(=O)CN1CC[C@](O)(c2cn[nH]n2)C1. The first-order chi connectivity index (χ1) is 11.5. The second-order valence-corrected chi connectivity index (χ2v) is 6.52. The van der Waals surface area contributed by atoms with Gasteiger partial charge in [0.1, 0.15) is 11.3 Å². The Morgan fingerprint density at radius 1 is 1.46 bits per heavy atom. The molecule has 1 aliphatic rings. The van der Waals surface area contributed by atoms with E-state index in [1.807, 2.05) is 43.1 Å². The predicted octanol–water partition coefficient (Wildman–Crippen LogP) is 0.665. The highest BCUT2D eigenvalue weighted by molar-refractivity contribution is 5.78. The average Bonchev–Trinajstić information content (AvgIpc) is 3.20. The van der Waals surface area contributed by atoms with Gasteiger partial charge in [0.25, 0.3) is 0 Å². The van der Waals surface area contributed by atoms with Crippen LogP contribution in [-0.2, 0) is 16.9 Å². The number of hydrogen-bond acceptors (Lipinski definition) is 5. The molecule has 1 aliphatic heterocycles. The first-order valence-corrected chi connectivity index (χ1v) is 8.07. The number of aromatic amines is 1. The van der Waals surface area contributed by atoms with Crippen molar-refractivity contribution in [1.29, 1.82) is 0 Å². The number of benzene rings is 1. The molecule has 0 bridgehead atoms. The summed E-state index contributed by atoms with van der Waals surface area (Å²) in [4.78, 5) is 16.2. The van der Waals surface area contributed by atoms with Crippen LogP contribution >= 0.6 is 0 Å². The highest BCUT2D eigenvalue weighted by Crippen LogP contribution is 2.29. The van der Waals surface area contributed by atoms with Gasteiger partial charge in [0, 0.05) is 26.7 Å². The number of aromatic nitrogens is 3. The summed E-state index contributed by atoms with van der Waals surface area (Å²) < 4.78 is 0. The van der Waals surface area contributed by atoms with Gasteiger partial charge in [0.2, 0.25) is 5.91 Å². The summed E-state index contributed by atoms with van der Waals surface area (Å²) in [6, 6.07) is 8.07. The lowest BCUT2D eigenvalue weighted by Gasteiger charge is -2.24. The third-order valence-corrected chi connectivity index (χ3v) is 4.67. The van der Waals surface area contributed by atoms with Crippen molar-refractivity contribution in [1.82, 2.24) is 25.2 Å². The van der Waals surface area contributed by atoms with Crippen LogP contribution in [-0.4, -0.2) is 62.9 Å². The van der Waals surface area contributed by atoms with Crippen LogP contribution in [0, 0.1) is 6.92 Å². The molecule has 7 heteroatoms. The van der Waals surface area contributed by atoms with Gasteiger partial charge < -0.3 is 10.0 Å². The number of carbonyl (C=O) groups excluding carboxylic acids is 1. The van der Waals surface area contributed by atoms with Gasteiger partial charge in [-0.15, -0.1) is 0 Å². The molecule has 1 amide bonds. The standard InChI is InChI=1S/C17H23N5O2/c1-13-5-3-4-6-14(13)10-21(2)16(23)11-22-8-7-17(24,12-22)15-9-18-20-19-15/h3-6,9,24H,7-8,10-12H2,1-2H3,(H,18,19,20)/t17-/m1/s1. The Balaban J connectivity index is 1.57. The minimum atomic E-state index is -1.03. The number of carbonyl (C=O) groups is 1. The molecule has 7 nitrogen and oxygen atoms in total. The van der Waals surface area contributed by atoms with Gasteiger partial charge in [0.05, 0.1) is 12.7 Å². The van der Waals surface area contributed by atoms with Gasteiger partial charge in [-0.3, -0.25) is 9.69 Å². The molecular formula is C17H23N5O2. The van der Waals surface area contributed by atoms with Gasteiger partial charge in [-0.1, -0.05) is 24.3 Å². The topological polar surface area (TPSA) is 85.4 Å². The zero-order chi connectivity index (χ0) is 17.2. The van der Waals surface area contributed by atoms with Crippen molar-refractivity contribution < 1.29 is 9.90 Å². The first kappa shape index (κ1) is 16.6. The van der Waals surface area contributed by atoms with Crippen molar-refractivity contribution in [2.75, 3.05) is 26.7 Å². The molecule has 24 heavy (non-hydrogen) atoms. The smallest absolute Gasteiger partial charge is 0.236 e. The second kappa shape index (κ2) is 6.70. The van der Waals surface area contributed by atoms with Gasteiger partial charge >= 0.3 is 0 Å². The first-order valence-electron chi connectivity index (χ1n) is 8.07. The predicted molar refractivity (Wildman–Crippen MR) is 89.0 cm³/mol. The lowest BCUT2D eigenvalue weighted by Crippen LogP contribution is -2.39. The molecule has 0 saturated carbocycles. The van der Waals surface area contributed by atoms with E-state index in [2.05, 4.69) is 15.4 Å². The van der Waals surface area contributed by atoms with Crippen molar-refractivity contribution in [2.24, 2.45) is 0 Å². The Kier molecular flexibility index (Phi) is 4.64. The van der Waals surface area contributed by atoms with E-state index in [0.29, 0.717) is 38.3 Å². The molecule has 3 rings (SSSR count). The van der Waals surface area contributed by atoms with Crippen LogP contribution in [0.5, 0.6) is 0 Å². The summed E-state index contributed by atoms with van der Waals surface area (Å²) in [5, 5.41) is 20.9. The van der Waals surface area contributed by atoms with E-state index in [1.165, 1.54) is 11.8 Å². The second-order valence-electron chi connectivity index (χ2n) is 6.52. The van der Waals surface area contributed by atoms with Crippen LogP contribution in [0.2, 0.25) is 0 Å². The maximum Gasteiger partial charge on any atom is 0.236 e. The molecular weight excluding hydrogens is 306 g/mol. The highest BCUT2D eigenvalue weighted by Gasteiger charge is 2.40. The zero-order valence-electron chi connectivity index (χ0n) is 14.1. The van der Waals surface area contributed by atoms with Crippen LogP contribution in [0.1, 0.15) is 23.2 Å². The number of likely N-dealkylation sites (N-methyl/N-ethyl adjacent to an activating group) is 1. The van der Waals surface area contributed by atoms with Crippen LogP contribution in [0.15, 0.2) is 30.5 Å². The van der Waals surface area contributed by atoms with Gasteiger partial charge in [-0.2, -0.15) is 15.4 Å². The molecule has 1 aromatic carbocycles. The number of nitrogens with one attached hydrogen (secondary N) is 1. The van der Waals surface area contributed by atoms with Gasteiger partial charge in [-0.25, -0.2) is 0 Å². The Labute approximate surface area is 141 Å². The Hall–Kier alpha value is -2.25. The summed E-state index contributed by atoms with van der Waals surface area (Å²) in [6.45, 7) is 3.98. The van der Waals surface area contributed by atoms with E-state index in [-0.39, 0.29) is 5.91 Å². The fraction of sp³-hybridized carbons (Fsp3) is 0.471. The normalized spacial score (nSPS) is 21.1. The Morgan fingerprint density at radius 2 is 2.25 bits per heavy atom. The number of amides is 1. The molecule has 0 unspecified atom stereocenters. The number of aliphatic hydroxyl groups is 1. The molecule has 2 N–H and O–H groups in total. The van der Waals surface area contributed by atoms with Crippen LogP contribution in [0.3, 0.4) is 0 Å². The van der Waals surface area contributed by atoms with Crippen molar-refractivity contribution in [3.8, 4) is 0 Å². The third kappa shape index (κ3) is 3.47. The van der Waals surface area contributed by atoms with Crippen LogP contribution in [0.4, 0.5) is 0 Å². The minimum Gasteiger partial charge on any atom is -0.382 e. The van der Waals surface area contributed by atoms with Crippen LogP contribution in [0.25, 0.3) is 0 Å². The quantitative estimate of drug-likeness (QED) is 0.842. The number of likely N-dealkylation sites (tertiary alicyclic amines) is 1. The number of aryl methyl sites for hydroxylation is 1. The Bertz CT molecular complexity index is 703. The maximum atomic E-state index is 12.5. The lowest BCUT2D eigenvalue weighted by molar-refractivity contribution is -0.131. The largest absolute Gasteiger partial charge is 0.382 e. The lowest BCUT2D eigenvalue weighted by atomic mass is 10.0. The van der Waals surface area contributed by atoms with E-state index >= 15 is 0 Å². The maximum absolute atomic E-state index is 12.5. The molecule has 0 spiro atoms. The molecule has 1 aromatic heterocycles. The number of nitrogens with zero attached hydrogens (tertiary/aromatic N) is 4. The van der Waals surface area contributed by atoms with Crippen molar-refractivity contribution >= 4 is 5.91 Å². The van der Waals surface area contributed by atoms with E-state index in [0.717, 1.165) is 5.56 Å². The molecule has 128 valence electrons. The molecule has 0 aliphatic carbocycles. The molecule has 0 radical (unpaired) electrons. The molecule has 1 saturated heterocycles. The van der Waals surface area contributed by atoms with Crippen molar-refractivity contribution in [2.45, 2.75) is 25.5 Å². The Morgan fingerprint density at radius 3 is 2.96 bits per heavy atom. The zero-order valence-corrected chi connectivity index (χ0v) is 14.1. The number of rotatable bonds is 5. The molecule has 1 atom stereocenters. The summed E-state index contributed by atoms with van der Waals surface area (Å²) in [5.41, 5.74) is 1.83. The summed E-state index contributed by atoms with van der Waals surface area (Å²) in [7, 11) is 1.81. The van der Waals surface area contributed by atoms with Crippen molar-refractivity contribution in [3.05, 3.63) is 47.3 Å². The summed E-state index contributed by atoms with van der Waals surface area (Å²) in [6.07, 6.45) is 2.09. The minimum absolute atomic E-state index is 0.0441. The molecule has 2 heterocycles. The average molecular weight is 329 g/mol. The summed E-state index contributed by atoms with van der Waals surface area (Å²) >= 11 is 0. The monoisotopic (exact) mass is 329 g/mol. The molecule has 1 fully saturated rings. The third-order valence-electron chi connectivity index (χ3n) is 4.67. The van der Waals surface area contributed by atoms with E-state index in [9.17, 15) is 9.90 Å². The van der Waals surface area contributed by atoms with Gasteiger partial charge in [0.15, 0.2) is 0 Å². The fourth-order valence-electron chi connectivity index (χ4n) is 3.08. The fourth-order valence-corrected chi connectivity index (χ4v) is 3.08. The van der Waals surface area contributed by atoms with E-state index < -0.39 is 5.60 Å². The number of H-pyrrole nitrogens is 1.